The van der Waals surface area contributed by atoms with Crippen molar-refractivity contribution in [3.8, 4) is 5.75 Å². The van der Waals surface area contributed by atoms with E-state index in [-0.39, 0.29) is 16.2 Å². The Morgan fingerprint density at radius 2 is 2.05 bits per heavy atom. The van der Waals surface area contributed by atoms with E-state index >= 15 is 0 Å². The van der Waals surface area contributed by atoms with E-state index in [0.29, 0.717) is 10.3 Å². The van der Waals surface area contributed by atoms with E-state index in [2.05, 4.69) is 10.1 Å². The van der Waals surface area contributed by atoms with Gasteiger partial charge in [-0.05, 0) is 19.1 Å². The molecule has 0 bridgehead atoms. The Labute approximate surface area is 123 Å². The van der Waals surface area contributed by atoms with Gasteiger partial charge in [0.15, 0.2) is 0 Å². The van der Waals surface area contributed by atoms with Crippen LogP contribution in [0.15, 0.2) is 33.9 Å². The van der Waals surface area contributed by atoms with Crippen LogP contribution in [0, 0.1) is 6.92 Å². The zero-order chi connectivity index (χ0) is 15.0. The van der Waals surface area contributed by atoms with Crippen molar-refractivity contribution in [3.05, 3.63) is 60.8 Å². The third kappa shape index (κ3) is 2.31. The summed E-state index contributed by atoms with van der Waals surface area (Å²) in [4.78, 5) is 27.9. The van der Waals surface area contributed by atoms with Crippen LogP contribution in [0.4, 0.5) is 0 Å². The maximum absolute atomic E-state index is 12.3. The number of benzene rings is 1. The Kier molecular flexibility index (Phi) is 3.26. The van der Waals surface area contributed by atoms with Crippen molar-refractivity contribution in [1.82, 2.24) is 14.6 Å². The number of thiazole rings is 1. The standard InChI is InChI=1S/C14H11N3O3S/c1-8-12(18)15-14-17(16-8)13(19)11(21-14)7-9-5-3-4-6-10(9)20-2/h3-7H,1-2H3/b11-7-. The van der Waals surface area contributed by atoms with Crippen molar-refractivity contribution < 1.29 is 4.74 Å². The van der Waals surface area contributed by atoms with Crippen molar-refractivity contribution in [2.45, 2.75) is 6.92 Å². The fourth-order valence-corrected chi connectivity index (χ4v) is 2.81. The first-order valence-electron chi connectivity index (χ1n) is 6.15. The molecule has 0 unspecified atom stereocenters. The van der Waals surface area contributed by atoms with E-state index in [9.17, 15) is 9.59 Å². The SMILES string of the molecule is COc1ccccc1/C=c1\sc2nc(=O)c(C)nn2c1=O. The number of hydrogen-bond donors (Lipinski definition) is 0. The van der Waals surface area contributed by atoms with Crippen molar-refractivity contribution in [1.29, 1.82) is 0 Å². The zero-order valence-electron chi connectivity index (χ0n) is 11.4. The highest BCUT2D eigenvalue weighted by molar-refractivity contribution is 7.15. The van der Waals surface area contributed by atoms with Gasteiger partial charge in [-0.3, -0.25) is 9.59 Å². The van der Waals surface area contributed by atoms with Gasteiger partial charge in [-0.2, -0.15) is 14.6 Å². The van der Waals surface area contributed by atoms with E-state index in [0.717, 1.165) is 21.4 Å². The molecule has 0 saturated carbocycles. The number of methoxy groups -OCH3 is 1. The lowest BCUT2D eigenvalue weighted by molar-refractivity contribution is 0.414. The first kappa shape index (κ1) is 13.4. The minimum Gasteiger partial charge on any atom is -0.496 e. The summed E-state index contributed by atoms with van der Waals surface area (Å²) in [7, 11) is 1.57. The second kappa shape index (κ2) is 5.10. The highest BCUT2D eigenvalue weighted by Crippen LogP contribution is 2.17. The maximum Gasteiger partial charge on any atom is 0.295 e. The number of para-hydroxylation sites is 1. The molecule has 0 amide bonds. The molecule has 0 N–H and O–H groups in total. The number of aromatic nitrogens is 3. The lowest BCUT2D eigenvalue weighted by Crippen LogP contribution is -2.27. The minimum absolute atomic E-state index is 0.200. The molecule has 0 saturated heterocycles. The highest BCUT2D eigenvalue weighted by atomic mass is 32.1. The fourth-order valence-electron chi connectivity index (χ4n) is 1.91. The predicted octanol–water partition coefficient (Wildman–Crippen LogP) is 0.376. The van der Waals surface area contributed by atoms with Crippen LogP contribution >= 0.6 is 11.3 Å². The van der Waals surface area contributed by atoms with Crippen LogP contribution in [0.25, 0.3) is 11.0 Å². The molecule has 7 heteroatoms. The third-order valence-electron chi connectivity index (χ3n) is 2.97. The van der Waals surface area contributed by atoms with Gasteiger partial charge in [0.25, 0.3) is 11.1 Å². The molecule has 21 heavy (non-hydrogen) atoms. The zero-order valence-corrected chi connectivity index (χ0v) is 12.2. The van der Waals surface area contributed by atoms with Gasteiger partial charge in [0.2, 0.25) is 4.96 Å². The largest absolute Gasteiger partial charge is 0.496 e. The molecule has 0 spiro atoms. The van der Waals surface area contributed by atoms with Crippen LogP contribution in [0.1, 0.15) is 11.3 Å². The van der Waals surface area contributed by atoms with Crippen molar-refractivity contribution >= 4 is 22.4 Å². The molecule has 1 aromatic carbocycles. The molecule has 0 atom stereocenters. The van der Waals surface area contributed by atoms with Crippen LogP contribution in [0.5, 0.6) is 5.75 Å². The second-order valence-electron chi connectivity index (χ2n) is 4.35. The predicted molar refractivity (Wildman–Crippen MR) is 79.9 cm³/mol. The summed E-state index contributed by atoms with van der Waals surface area (Å²) in [6.45, 7) is 1.53. The van der Waals surface area contributed by atoms with Gasteiger partial charge < -0.3 is 4.74 Å². The minimum atomic E-state index is -0.417. The third-order valence-corrected chi connectivity index (χ3v) is 3.93. The Hall–Kier alpha value is -2.54. The summed E-state index contributed by atoms with van der Waals surface area (Å²) in [5, 5.41) is 3.97. The molecule has 106 valence electrons. The summed E-state index contributed by atoms with van der Waals surface area (Å²) in [5.74, 6) is 0.668. The molecule has 0 radical (unpaired) electrons. The number of ether oxygens (including phenoxy) is 1. The average molecular weight is 301 g/mol. The quantitative estimate of drug-likeness (QED) is 0.684. The van der Waals surface area contributed by atoms with E-state index < -0.39 is 5.56 Å². The molecule has 2 heterocycles. The van der Waals surface area contributed by atoms with E-state index in [1.165, 1.54) is 6.92 Å². The number of hydrogen-bond acceptors (Lipinski definition) is 6. The van der Waals surface area contributed by atoms with Gasteiger partial charge in [0.05, 0.1) is 11.6 Å². The smallest absolute Gasteiger partial charge is 0.295 e. The molecular weight excluding hydrogens is 290 g/mol. The Morgan fingerprint density at radius 3 is 2.81 bits per heavy atom. The second-order valence-corrected chi connectivity index (χ2v) is 5.36. The summed E-state index contributed by atoms with van der Waals surface area (Å²) in [6, 6.07) is 7.37. The van der Waals surface area contributed by atoms with E-state index in [4.69, 9.17) is 4.74 Å². The van der Waals surface area contributed by atoms with E-state index in [1.807, 2.05) is 24.3 Å². The van der Waals surface area contributed by atoms with Crippen LogP contribution in [-0.4, -0.2) is 21.7 Å². The van der Waals surface area contributed by atoms with Gasteiger partial charge in [-0.25, -0.2) is 0 Å². The monoisotopic (exact) mass is 301 g/mol. The van der Waals surface area contributed by atoms with Crippen molar-refractivity contribution in [2.75, 3.05) is 7.11 Å². The normalized spacial score (nSPS) is 12.0. The molecule has 3 aromatic rings. The van der Waals surface area contributed by atoms with Gasteiger partial charge in [0.1, 0.15) is 11.4 Å². The molecule has 0 aliphatic rings. The Balaban J connectivity index is 2.30. The fraction of sp³-hybridized carbons (Fsp3) is 0.143. The molecule has 3 rings (SSSR count). The molecule has 6 nitrogen and oxygen atoms in total. The van der Waals surface area contributed by atoms with Crippen LogP contribution < -0.4 is 20.4 Å². The number of fused-ring (bicyclic) bond motifs is 1. The van der Waals surface area contributed by atoms with Crippen LogP contribution in [0.2, 0.25) is 0 Å². The maximum atomic E-state index is 12.3. The van der Waals surface area contributed by atoms with E-state index in [1.54, 1.807) is 13.2 Å². The first-order chi connectivity index (χ1) is 10.1. The van der Waals surface area contributed by atoms with Gasteiger partial charge >= 0.3 is 0 Å². The number of aryl methyl sites for hydroxylation is 1. The lowest BCUT2D eigenvalue weighted by atomic mass is 10.2. The van der Waals surface area contributed by atoms with Crippen molar-refractivity contribution in [2.24, 2.45) is 0 Å². The van der Waals surface area contributed by atoms with Crippen molar-refractivity contribution in [3.63, 3.8) is 0 Å². The summed E-state index contributed by atoms with van der Waals surface area (Å²) < 4.78 is 6.86. The van der Waals surface area contributed by atoms with Crippen LogP contribution in [0.3, 0.4) is 0 Å². The summed E-state index contributed by atoms with van der Waals surface area (Å²) in [6.07, 6.45) is 1.71. The number of nitrogens with zero attached hydrogens (tertiary/aromatic N) is 3. The molecule has 0 aliphatic carbocycles. The highest BCUT2D eigenvalue weighted by Gasteiger charge is 2.08. The Bertz CT molecular complexity index is 991. The lowest BCUT2D eigenvalue weighted by Gasteiger charge is -2.02. The Morgan fingerprint density at radius 1 is 1.29 bits per heavy atom. The van der Waals surface area contributed by atoms with Gasteiger partial charge in [-0.1, -0.05) is 29.5 Å². The molecule has 0 fully saturated rings. The molecule has 0 aliphatic heterocycles. The van der Waals surface area contributed by atoms with Crippen LogP contribution in [-0.2, 0) is 0 Å². The average Bonchev–Trinajstić information content (AvgIpc) is 2.77. The summed E-state index contributed by atoms with van der Waals surface area (Å²) in [5.41, 5.74) is 0.270. The molecule has 2 aromatic heterocycles. The van der Waals surface area contributed by atoms with Gasteiger partial charge in [0, 0.05) is 5.56 Å². The van der Waals surface area contributed by atoms with Gasteiger partial charge in [-0.15, -0.1) is 0 Å². The number of rotatable bonds is 2. The topological polar surface area (TPSA) is 73.6 Å². The molecular formula is C14H11N3O3S. The first-order valence-corrected chi connectivity index (χ1v) is 6.97. The summed E-state index contributed by atoms with van der Waals surface area (Å²) >= 11 is 1.13.